The van der Waals surface area contributed by atoms with E-state index in [0.717, 1.165) is 5.56 Å². The van der Waals surface area contributed by atoms with Crippen LogP contribution in [-0.2, 0) is 20.9 Å². The van der Waals surface area contributed by atoms with E-state index in [1.165, 1.54) is 12.0 Å². The average molecular weight is 327 g/mol. The Labute approximate surface area is 139 Å². The van der Waals surface area contributed by atoms with Gasteiger partial charge in [0.2, 0.25) is 0 Å². The molecular formula is C18H17NO5. The van der Waals surface area contributed by atoms with Gasteiger partial charge < -0.3 is 14.6 Å². The molecule has 24 heavy (non-hydrogen) atoms. The number of carbonyl (C=O) groups excluding carboxylic acids is 1. The number of nitrogens with zero attached hydrogens (tertiary/aromatic N) is 1. The van der Waals surface area contributed by atoms with E-state index in [1.54, 1.807) is 24.3 Å². The van der Waals surface area contributed by atoms with E-state index in [0.29, 0.717) is 11.4 Å². The maximum Gasteiger partial charge on any atom is 0.330 e. The summed E-state index contributed by atoms with van der Waals surface area (Å²) in [5, 5.41) is 9.45. The van der Waals surface area contributed by atoms with Crippen molar-refractivity contribution >= 4 is 17.6 Å². The zero-order chi connectivity index (χ0) is 17.1. The molecule has 2 aromatic carbocycles. The van der Waals surface area contributed by atoms with E-state index in [4.69, 9.17) is 9.47 Å². The van der Waals surface area contributed by atoms with Crippen molar-refractivity contribution in [3.8, 4) is 5.75 Å². The molecule has 0 unspecified atom stereocenters. The Morgan fingerprint density at radius 3 is 2.38 bits per heavy atom. The molecule has 3 rings (SSSR count). The fraction of sp³-hybridized carbons (Fsp3) is 0.222. The Balaban J connectivity index is 1.73. The van der Waals surface area contributed by atoms with Gasteiger partial charge in [-0.05, 0) is 29.8 Å². The van der Waals surface area contributed by atoms with Gasteiger partial charge in [-0.15, -0.1) is 0 Å². The fourth-order valence-electron chi connectivity index (χ4n) is 2.66. The standard InChI is InChI=1S/C18H17NO5/c1-23-14-9-7-13(8-10-14)19-15(18(21)22)16(17(19)20)24-11-12-5-3-2-4-6-12/h2-10,15-16H,11H2,1H3,(H,21,22)/t15-,16-/m0/s1. The van der Waals surface area contributed by atoms with Gasteiger partial charge in [0, 0.05) is 5.69 Å². The second-order valence-electron chi connectivity index (χ2n) is 5.41. The lowest BCUT2D eigenvalue weighted by molar-refractivity contribution is -0.158. The van der Waals surface area contributed by atoms with Crippen molar-refractivity contribution in [2.45, 2.75) is 18.8 Å². The molecule has 124 valence electrons. The van der Waals surface area contributed by atoms with Crippen LogP contribution in [0, 0.1) is 0 Å². The first-order valence-corrected chi connectivity index (χ1v) is 7.47. The third-order valence-corrected chi connectivity index (χ3v) is 3.92. The van der Waals surface area contributed by atoms with Gasteiger partial charge in [-0.2, -0.15) is 0 Å². The lowest BCUT2D eigenvalue weighted by Crippen LogP contribution is -2.69. The SMILES string of the molecule is COc1ccc(N2C(=O)[C@@H](OCc3ccccc3)[C@H]2C(=O)O)cc1. The van der Waals surface area contributed by atoms with E-state index < -0.39 is 18.1 Å². The van der Waals surface area contributed by atoms with Crippen LogP contribution in [0.5, 0.6) is 5.75 Å². The van der Waals surface area contributed by atoms with Crippen LogP contribution >= 0.6 is 0 Å². The molecule has 1 saturated heterocycles. The Morgan fingerprint density at radius 1 is 1.12 bits per heavy atom. The smallest absolute Gasteiger partial charge is 0.330 e. The molecular weight excluding hydrogens is 310 g/mol. The molecule has 6 heteroatoms. The molecule has 2 aromatic rings. The average Bonchev–Trinajstić information content (AvgIpc) is 2.60. The third-order valence-electron chi connectivity index (χ3n) is 3.92. The molecule has 1 aliphatic heterocycles. The van der Waals surface area contributed by atoms with Gasteiger partial charge in [-0.25, -0.2) is 4.79 Å². The van der Waals surface area contributed by atoms with Gasteiger partial charge in [-0.3, -0.25) is 9.69 Å². The zero-order valence-electron chi connectivity index (χ0n) is 13.1. The topological polar surface area (TPSA) is 76.1 Å². The number of carboxylic acid groups (broad SMARTS) is 1. The minimum atomic E-state index is -1.09. The number of β-lactam (4-membered cyclic amide) rings is 1. The fourth-order valence-corrected chi connectivity index (χ4v) is 2.66. The van der Waals surface area contributed by atoms with Crippen LogP contribution in [0.3, 0.4) is 0 Å². The lowest BCUT2D eigenvalue weighted by Gasteiger charge is -2.43. The summed E-state index contributed by atoms with van der Waals surface area (Å²) in [6, 6.07) is 15.0. The number of ether oxygens (including phenoxy) is 2. The summed E-state index contributed by atoms with van der Waals surface area (Å²) in [6.45, 7) is 0.192. The molecule has 1 heterocycles. The number of hydrogen-bond donors (Lipinski definition) is 1. The summed E-state index contributed by atoms with van der Waals surface area (Å²) >= 11 is 0. The second-order valence-corrected chi connectivity index (χ2v) is 5.41. The van der Waals surface area contributed by atoms with Crippen LogP contribution in [0.4, 0.5) is 5.69 Å². The van der Waals surface area contributed by atoms with E-state index >= 15 is 0 Å². The number of benzene rings is 2. The summed E-state index contributed by atoms with van der Waals surface area (Å²) in [6.07, 6.45) is -0.982. The third kappa shape index (κ3) is 2.96. The largest absolute Gasteiger partial charge is 0.497 e. The van der Waals surface area contributed by atoms with Crippen molar-refractivity contribution in [3.05, 3.63) is 60.2 Å². The quantitative estimate of drug-likeness (QED) is 0.822. The van der Waals surface area contributed by atoms with Gasteiger partial charge in [0.1, 0.15) is 5.75 Å². The summed E-state index contributed by atoms with van der Waals surface area (Å²) in [4.78, 5) is 25.1. The Bertz CT molecular complexity index is 729. The van der Waals surface area contributed by atoms with Crippen LogP contribution in [0.1, 0.15) is 5.56 Å². The number of hydrogen-bond acceptors (Lipinski definition) is 4. The predicted molar refractivity (Wildman–Crippen MR) is 86.9 cm³/mol. The molecule has 1 amide bonds. The van der Waals surface area contributed by atoms with E-state index in [2.05, 4.69) is 0 Å². The van der Waals surface area contributed by atoms with Gasteiger partial charge in [0.25, 0.3) is 5.91 Å². The molecule has 2 atom stereocenters. The molecule has 0 aliphatic carbocycles. The first-order valence-electron chi connectivity index (χ1n) is 7.47. The van der Waals surface area contributed by atoms with E-state index in [9.17, 15) is 14.7 Å². The van der Waals surface area contributed by atoms with E-state index in [-0.39, 0.29) is 12.5 Å². The van der Waals surface area contributed by atoms with Crippen LogP contribution in [0.15, 0.2) is 54.6 Å². The molecule has 0 bridgehead atoms. The molecule has 0 radical (unpaired) electrons. The molecule has 6 nitrogen and oxygen atoms in total. The van der Waals surface area contributed by atoms with Crippen LogP contribution < -0.4 is 9.64 Å². The number of methoxy groups -OCH3 is 1. The second kappa shape index (κ2) is 6.72. The Morgan fingerprint density at radius 2 is 1.79 bits per heavy atom. The number of carbonyl (C=O) groups is 2. The number of aliphatic carboxylic acids is 1. The van der Waals surface area contributed by atoms with E-state index in [1.807, 2.05) is 30.3 Å². The minimum Gasteiger partial charge on any atom is -0.497 e. The predicted octanol–water partition coefficient (Wildman–Crippen LogP) is 2.08. The van der Waals surface area contributed by atoms with Crippen LogP contribution in [-0.4, -0.2) is 36.2 Å². The molecule has 1 N–H and O–H groups in total. The van der Waals surface area contributed by atoms with Crippen LogP contribution in [0.2, 0.25) is 0 Å². The Kier molecular flexibility index (Phi) is 4.48. The molecule has 1 aliphatic rings. The molecule has 0 saturated carbocycles. The summed E-state index contributed by atoms with van der Waals surface area (Å²) in [5.41, 5.74) is 1.39. The normalized spacial score (nSPS) is 19.7. The van der Waals surface area contributed by atoms with Crippen molar-refractivity contribution in [1.82, 2.24) is 0 Å². The highest BCUT2D eigenvalue weighted by Crippen LogP contribution is 2.32. The summed E-state index contributed by atoms with van der Waals surface area (Å²) in [7, 11) is 1.54. The highest BCUT2D eigenvalue weighted by molar-refractivity contribution is 6.12. The molecule has 0 aromatic heterocycles. The monoisotopic (exact) mass is 327 g/mol. The van der Waals surface area contributed by atoms with Crippen molar-refractivity contribution in [2.75, 3.05) is 12.0 Å². The van der Waals surface area contributed by atoms with Gasteiger partial charge in [0.15, 0.2) is 12.1 Å². The summed E-state index contributed by atoms with van der Waals surface area (Å²) < 4.78 is 10.6. The van der Waals surface area contributed by atoms with Crippen LogP contribution in [0.25, 0.3) is 0 Å². The van der Waals surface area contributed by atoms with Crippen molar-refractivity contribution in [2.24, 2.45) is 0 Å². The maximum atomic E-state index is 12.4. The number of anilines is 1. The lowest BCUT2D eigenvalue weighted by atomic mass is 9.96. The van der Waals surface area contributed by atoms with Gasteiger partial charge in [-0.1, -0.05) is 30.3 Å². The maximum absolute atomic E-state index is 12.4. The highest BCUT2D eigenvalue weighted by Gasteiger charge is 2.53. The number of rotatable bonds is 6. The first-order chi connectivity index (χ1) is 11.6. The van der Waals surface area contributed by atoms with Crippen molar-refractivity contribution < 1.29 is 24.2 Å². The Hall–Kier alpha value is -2.86. The van der Waals surface area contributed by atoms with Crippen molar-refractivity contribution in [1.29, 1.82) is 0 Å². The highest BCUT2D eigenvalue weighted by atomic mass is 16.5. The minimum absolute atomic E-state index is 0.192. The van der Waals surface area contributed by atoms with Crippen molar-refractivity contribution in [3.63, 3.8) is 0 Å². The number of carboxylic acids is 1. The summed E-state index contributed by atoms with van der Waals surface area (Å²) in [5.74, 6) is -0.817. The van der Waals surface area contributed by atoms with Gasteiger partial charge >= 0.3 is 5.97 Å². The van der Waals surface area contributed by atoms with Gasteiger partial charge in [0.05, 0.1) is 13.7 Å². The number of amides is 1. The molecule has 1 fully saturated rings. The zero-order valence-corrected chi connectivity index (χ0v) is 13.1. The molecule has 0 spiro atoms. The first kappa shape index (κ1) is 16.0.